The number of hydrogen-bond donors (Lipinski definition) is 0. The van der Waals surface area contributed by atoms with Crippen LogP contribution in [0.4, 0.5) is 0 Å². The fraction of sp³-hybridized carbons (Fsp3) is 0.933. The summed E-state index contributed by atoms with van der Waals surface area (Å²) < 4.78 is 15.5. The molecule has 0 spiro atoms. The Bertz CT molecular complexity index is 220. The van der Waals surface area contributed by atoms with Crippen LogP contribution in [0.15, 0.2) is 0 Å². The van der Waals surface area contributed by atoms with Crippen LogP contribution in [0.1, 0.15) is 64.7 Å². The lowest BCUT2D eigenvalue weighted by Gasteiger charge is -2.10. The maximum atomic E-state index is 11.5. The number of carbonyl (C=O) groups excluding carboxylic acids is 1. The highest BCUT2D eigenvalue weighted by molar-refractivity contribution is 6.44. The zero-order valence-electron chi connectivity index (χ0n) is 13.5. The highest BCUT2D eigenvalue weighted by atomic mass is 28.3. The van der Waals surface area contributed by atoms with Crippen molar-refractivity contribution in [2.24, 2.45) is 0 Å². The summed E-state index contributed by atoms with van der Waals surface area (Å²) in [7, 11) is 1.65. The average Bonchev–Trinajstić information content (AvgIpc) is 2.46. The topological polar surface area (TPSA) is 44.8 Å². The van der Waals surface area contributed by atoms with Gasteiger partial charge in [0.05, 0.1) is 6.61 Å². The second-order valence-corrected chi connectivity index (χ2v) is 7.51. The van der Waals surface area contributed by atoms with Crippen LogP contribution >= 0.6 is 0 Å². The lowest BCUT2D eigenvalue weighted by molar-refractivity contribution is -0.143. The fourth-order valence-electron chi connectivity index (χ4n) is 2.06. The van der Waals surface area contributed by atoms with Crippen molar-refractivity contribution in [2.75, 3.05) is 20.8 Å². The van der Waals surface area contributed by atoms with E-state index in [-0.39, 0.29) is 5.97 Å². The Morgan fingerprint density at radius 1 is 0.900 bits per heavy atom. The van der Waals surface area contributed by atoms with Crippen LogP contribution in [-0.4, -0.2) is 36.1 Å². The minimum atomic E-state index is -1.62. The minimum Gasteiger partial charge on any atom is -0.466 e. The zero-order valence-corrected chi connectivity index (χ0v) is 14.6. The summed E-state index contributed by atoms with van der Waals surface area (Å²) in [5.74, 6) is -0.125. The number of unbranched alkanes of at least 4 members (excludes halogenated alkanes) is 7. The van der Waals surface area contributed by atoms with Gasteiger partial charge in [0.1, 0.15) is 0 Å². The molecule has 0 atom stereocenters. The molecule has 4 nitrogen and oxygen atoms in total. The second-order valence-electron chi connectivity index (χ2n) is 5.13. The highest BCUT2D eigenvalue weighted by Crippen LogP contribution is 2.08. The summed E-state index contributed by atoms with van der Waals surface area (Å²) in [6.07, 6.45) is 10.5. The zero-order chi connectivity index (χ0) is 15.1. The van der Waals surface area contributed by atoms with Crippen molar-refractivity contribution < 1.29 is 18.4 Å². The molecule has 0 heterocycles. The molecular formula is C15H32O4Si. The molecule has 0 aliphatic rings. The standard InChI is InChI=1S/C15H32O4Si/c1-4-5-6-7-8-9-10-11-13-19-15(16)12-14-20(17-2)18-3/h20H,4-14H2,1-3H3. The van der Waals surface area contributed by atoms with Gasteiger partial charge in [0.15, 0.2) is 0 Å². The van der Waals surface area contributed by atoms with Crippen molar-refractivity contribution in [2.45, 2.75) is 70.8 Å². The first-order chi connectivity index (χ1) is 9.74. The summed E-state index contributed by atoms with van der Waals surface area (Å²) in [4.78, 5) is 11.5. The Balaban J connectivity index is 3.27. The highest BCUT2D eigenvalue weighted by Gasteiger charge is 2.12. The van der Waals surface area contributed by atoms with E-state index in [1.54, 1.807) is 14.2 Å². The number of esters is 1. The Labute approximate surface area is 126 Å². The Hall–Kier alpha value is -0.393. The maximum Gasteiger partial charge on any atom is 0.321 e. The number of ether oxygens (including phenoxy) is 1. The quantitative estimate of drug-likeness (QED) is 0.279. The fourth-order valence-corrected chi connectivity index (χ4v) is 3.20. The van der Waals surface area contributed by atoms with E-state index in [0.717, 1.165) is 12.8 Å². The van der Waals surface area contributed by atoms with E-state index in [9.17, 15) is 4.79 Å². The molecule has 0 rings (SSSR count). The van der Waals surface area contributed by atoms with Gasteiger partial charge in [-0.1, -0.05) is 51.9 Å². The van der Waals surface area contributed by atoms with E-state index in [0.29, 0.717) is 19.1 Å². The Morgan fingerprint density at radius 3 is 2.00 bits per heavy atom. The third-order valence-corrected chi connectivity index (χ3v) is 5.18. The first kappa shape index (κ1) is 19.6. The SMILES string of the molecule is CCCCCCCCCCOC(=O)CC[SiH](OC)OC. The van der Waals surface area contributed by atoms with Gasteiger partial charge in [0.2, 0.25) is 0 Å². The van der Waals surface area contributed by atoms with Gasteiger partial charge in [-0.3, -0.25) is 4.79 Å². The van der Waals surface area contributed by atoms with Crippen molar-refractivity contribution in [1.29, 1.82) is 0 Å². The molecule has 0 aliphatic carbocycles. The monoisotopic (exact) mass is 304 g/mol. The van der Waals surface area contributed by atoms with Crippen LogP contribution < -0.4 is 0 Å². The van der Waals surface area contributed by atoms with Gasteiger partial charge in [-0.25, -0.2) is 0 Å². The summed E-state index contributed by atoms with van der Waals surface area (Å²) in [5, 5.41) is 0. The number of rotatable bonds is 14. The molecule has 0 aromatic carbocycles. The molecule has 0 aromatic heterocycles. The molecule has 120 valence electrons. The number of hydrogen-bond acceptors (Lipinski definition) is 4. The first-order valence-electron chi connectivity index (χ1n) is 7.95. The lowest BCUT2D eigenvalue weighted by atomic mass is 10.1. The third kappa shape index (κ3) is 12.6. The van der Waals surface area contributed by atoms with Crippen LogP contribution in [0, 0.1) is 0 Å². The molecular weight excluding hydrogens is 272 g/mol. The first-order valence-corrected chi connectivity index (χ1v) is 9.71. The lowest BCUT2D eigenvalue weighted by Crippen LogP contribution is -2.20. The van der Waals surface area contributed by atoms with Crippen molar-refractivity contribution in [3.8, 4) is 0 Å². The van der Waals surface area contributed by atoms with E-state index in [2.05, 4.69) is 6.92 Å². The van der Waals surface area contributed by atoms with Crippen LogP contribution in [-0.2, 0) is 18.4 Å². The molecule has 0 aliphatic heterocycles. The van der Waals surface area contributed by atoms with Gasteiger partial charge in [0, 0.05) is 20.6 Å². The second kappa shape index (κ2) is 15.0. The van der Waals surface area contributed by atoms with Crippen molar-refractivity contribution in [1.82, 2.24) is 0 Å². The van der Waals surface area contributed by atoms with Crippen molar-refractivity contribution in [3.05, 3.63) is 0 Å². The molecule has 0 N–H and O–H groups in total. The van der Waals surface area contributed by atoms with Gasteiger partial charge in [-0.15, -0.1) is 0 Å². The number of carbonyl (C=O) groups is 1. The van der Waals surface area contributed by atoms with Gasteiger partial charge in [-0.05, 0) is 12.5 Å². The molecule has 0 amide bonds. The van der Waals surface area contributed by atoms with E-state index in [1.807, 2.05) is 0 Å². The van der Waals surface area contributed by atoms with Crippen LogP contribution in [0.25, 0.3) is 0 Å². The van der Waals surface area contributed by atoms with Crippen molar-refractivity contribution in [3.63, 3.8) is 0 Å². The summed E-state index contributed by atoms with van der Waals surface area (Å²) in [6.45, 7) is 2.79. The summed E-state index contributed by atoms with van der Waals surface area (Å²) in [6, 6.07) is 0.684. The van der Waals surface area contributed by atoms with E-state index >= 15 is 0 Å². The van der Waals surface area contributed by atoms with Gasteiger partial charge >= 0.3 is 15.3 Å². The van der Waals surface area contributed by atoms with Crippen LogP contribution in [0.2, 0.25) is 6.04 Å². The molecule has 0 radical (unpaired) electrons. The molecule has 20 heavy (non-hydrogen) atoms. The third-order valence-electron chi connectivity index (χ3n) is 3.37. The van der Waals surface area contributed by atoms with Crippen LogP contribution in [0.3, 0.4) is 0 Å². The normalized spacial score (nSPS) is 11.0. The molecule has 0 aromatic rings. The maximum absolute atomic E-state index is 11.5. The predicted octanol–water partition coefficient (Wildman–Crippen LogP) is 3.57. The molecule has 0 bridgehead atoms. The average molecular weight is 305 g/mol. The van der Waals surface area contributed by atoms with Gasteiger partial charge < -0.3 is 13.6 Å². The molecule has 0 unspecified atom stereocenters. The molecule has 5 heteroatoms. The Morgan fingerprint density at radius 2 is 1.45 bits per heavy atom. The largest absolute Gasteiger partial charge is 0.466 e. The van der Waals surface area contributed by atoms with Crippen LogP contribution in [0.5, 0.6) is 0 Å². The Kier molecular flexibility index (Phi) is 14.7. The molecule has 0 saturated carbocycles. The molecule has 0 fully saturated rings. The van der Waals surface area contributed by atoms with E-state index < -0.39 is 9.28 Å². The molecule has 0 saturated heterocycles. The van der Waals surface area contributed by atoms with Gasteiger partial charge in [0.25, 0.3) is 0 Å². The summed E-state index contributed by atoms with van der Waals surface area (Å²) in [5.41, 5.74) is 0. The van der Waals surface area contributed by atoms with Gasteiger partial charge in [-0.2, -0.15) is 0 Å². The minimum absolute atomic E-state index is 0.125. The van der Waals surface area contributed by atoms with E-state index in [4.69, 9.17) is 13.6 Å². The smallest absolute Gasteiger partial charge is 0.321 e. The van der Waals surface area contributed by atoms with Crippen molar-refractivity contribution >= 4 is 15.3 Å². The summed E-state index contributed by atoms with van der Waals surface area (Å²) >= 11 is 0. The predicted molar refractivity (Wildman–Crippen MR) is 84.2 cm³/mol. The van der Waals surface area contributed by atoms with E-state index in [1.165, 1.54) is 38.5 Å².